The lowest BCUT2D eigenvalue weighted by atomic mass is 10.1. The van der Waals surface area contributed by atoms with Crippen LogP contribution in [0.15, 0.2) is 29.8 Å². The van der Waals surface area contributed by atoms with Crippen molar-refractivity contribution < 1.29 is 19.2 Å². The Balaban J connectivity index is 2.79. The maximum absolute atomic E-state index is 11.8. The molecule has 1 aromatic rings. The van der Waals surface area contributed by atoms with Crippen molar-refractivity contribution in [2.45, 2.75) is 20.8 Å². The molecule has 0 bridgehead atoms. The maximum Gasteiger partial charge on any atom is 0.331 e. The van der Waals surface area contributed by atoms with E-state index in [2.05, 4.69) is 0 Å². The number of ketones is 1. The van der Waals surface area contributed by atoms with Gasteiger partial charge in [0.25, 0.3) is 5.69 Å². The number of hydrogen-bond acceptors (Lipinski definition) is 5. The van der Waals surface area contributed by atoms with Crippen molar-refractivity contribution >= 4 is 17.4 Å². The fraction of sp³-hybridized carbons (Fsp3) is 0.286. The topological polar surface area (TPSA) is 86.5 Å². The van der Waals surface area contributed by atoms with Crippen LogP contribution in [0.2, 0.25) is 0 Å². The molecule has 6 heteroatoms. The second-order valence-electron chi connectivity index (χ2n) is 4.51. The van der Waals surface area contributed by atoms with Crippen LogP contribution in [0, 0.1) is 17.0 Å². The normalized spacial score (nSPS) is 9.75. The van der Waals surface area contributed by atoms with Gasteiger partial charge in [0.2, 0.25) is 5.78 Å². The minimum atomic E-state index is -0.611. The molecule has 1 rings (SSSR count). The highest BCUT2D eigenvalue weighted by molar-refractivity contribution is 5.99. The van der Waals surface area contributed by atoms with E-state index >= 15 is 0 Å². The molecule has 0 aliphatic carbocycles. The highest BCUT2D eigenvalue weighted by Crippen LogP contribution is 2.19. The summed E-state index contributed by atoms with van der Waals surface area (Å²) in [6.45, 7) is 4.60. The van der Waals surface area contributed by atoms with Gasteiger partial charge in [-0.15, -0.1) is 0 Å². The van der Waals surface area contributed by atoms with Crippen LogP contribution < -0.4 is 0 Å². The van der Waals surface area contributed by atoms with Crippen LogP contribution in [0.3, 0.4) is 0 Å². The van der Waals surface area contributed by atoms with Gasteiger partial charge in [-0.1, -0.05) is 17.7 Å². The number of nitrogens with zero attached hydrogens (tertiary/aromatic N) is 1. The Morgan fingerprint density at radius 2 is 2.00 bits per heavy atom. The summed E-state index contributed by atoms with van der Waals surface area (Å²) in [5.74, 6) is -1.09. The van der Waals surface area contributed by atoms with Gasteiger partial charge in [-0.05, 0) is 20.8 Å². The number of carbonyl (C=O) groups excluding carboxylic acids is 2. The number of Topliss-reactive ketones (excluding diaryl/α,β-unsaturated/α-hetero) is 1. The fourth-order valence-electron chi connectivity index (χ4n) is 1.48. The van der Waals surface area contributed by atoms with Gasteiger partial charge in [-0.25, -0.2) is 4.79 Å². The average Bonchev–Trinajstić information content (AvgIpc) is 2.35. The number of ether oxygens (including phenoxy) is 1. The summed E-state index contributed by atoms with van der Waals surface area (Å²) in [5, 5.41) is 10.8. The van der Waals surface area contributed by atoms with Crippen molar-refractivity contribution in [2.24, 2.45) is 0 Å². The van der Waals surface area contributed by atoms with Gasteiger partial charge in [0, 0.05) is 23.3 Å². The molecular weight excluding hydrogens is 262 g/mol. The van der Waals surface area contributed by atoms with Crippen LogP contribution >= 0.6 is 0 Å². The van der Waals surface area contributed by atoms with Gasteiger partial charge >= 0.3 is 5.97 Å². The Morgan fingerprint density at radius 3 is 2.55 bits per heavy atom. The Kier molecular flexibility index (Phi) is 5.14. The van der Waals surface area contributed by atoms with E-state index in [4.69, 9.17) is 4.74 Å². The van der Waals surface area contributed by atoms with Crippen LogP contribution in [-0.2, 0) is 9.53 Å². The average molecular weight is 277 g/mol. The predicted octanol–water partition coefficient (Wildman–Crippen LogP) is 2.60. The molecule has 0 saturated heterocycles. The number of hydrogen-bond donors (Lipinski definition) is 0. The monoisotopic (exact) mass is 277 g/mol. The van der Waals surface area contributed by atoms with E-state index in [9.17, 15) is 19.7 Å². The Hall–Kier alpha value is -2.50. The lowest BCUT2D eigenvalue weighted by molar-refractivity contribution is -0.385. The van der Waals surface area contributed by atoms with Crippen molar-refractivity contribution in [3.05, 3.63) is 51.1 Å². The molecule has 0 N–H and O–H groups in total. The molecule has 0 spiro atoms. The molecule has 0 radical (unpaired) electrons. The number of aryl methyl sites for hydroxylation is 1. The van der Waals surface area contributed by atoms with Crippen LogP contribution in [-0.4, -0.2) is 23.3 Å². The molecular formula is C14H15NO5. The number of esters is 1. The first kappa shape index (κ1) is 15.6. The van der Waals surface area contributed by atoms with E-state index in [1.54, 1.807) is 20.8 Å². The summed E-state index contributed by atoms with van der Waals surface area (Å²) >= 11 is 0. The first-order valence-corrected chi connectivity index (χ1v) is 5.91. The standard InChI is InChI=1S/C14H15NO5/c1-9(2)6-14(17)20-8-13(16)11-5-4-10(3)12(7-11)15(18)19/h4-7H,8H2,1-3H3. The molecule has 0 amide bonds. The zero-order valence-corrected chi connectivity index (χ0v) is 11.5. The van der Waals surface area contributed by atoms with Crippen molar-refractivity contribution in [3.63, 3.8) is 0 Å². The lowest BCUT2D eigenvalue weighted by Gasteiger charge is -2.03. The van der Waals surface area contributed by atoms with Crippen molar-refractivity contribution in [3.8, 4) is 0 Å². The summed E-state index contributed by atoms with van der Waals surface area (Å²) in [6, 6.07) is 4.15. The molecule has 0 unspecified atom stereocenters. The Morgan fingerprint density at radius 1 is 1.35 bits per heavy atom. The molecule has 0 fully saturated rings. The third kappa shape index (κ3) is 4.31. The molecule has 106 valence electrons. The number of benzene rings is 1. The highest BCUT2D eigenvalue weighted by atomic mass is 16.6. The SMILES string of the molecule is CC(C)=CC(=O)OCC(=O)c1ccc(C)c([N+](=O)[O-])c1. The van der Waals surface area contributed by atoms with Crippen molar-refractivity contribution in [1.82, 2.24) is 0 Å². The third-order valence-corrected chi connectivity index (χ3v) is 2.48. The van der Waals surface area contributed by atoms with E-state index in [0.717, 1.165) is 5.57 Å². The van der Waals surface area contributed by atoms with E-state index in [1.807, 2.05) is 0 Å². The smallest absolute Gasteiger partial charge is 0.331 e. The van der Waals surface area contributed by atoms with Gasteiger partial charge in [-0.3, -0.25) is 14.9 Å². The van der Waals surface area contributed by atoms with Crippen LogP contribution in [0.5, 0.6) is 0 Å². The van der Waals surface area contributed by atoms with Gasteiger partial charge in [-0.2, -0.15) is 0 Å². The first-order chi connectivity index (χ1) is 9.31. The zero-order valence-electron chi connectivity index (χ0n) is 11.5. The Bertz CT molecular complexity index is 585. The van der Waals surface area contributed by atoms with Crippen LogP contribution in [0.25, 0.3) is 0 Å². The largest absolute Gasteiger partial charge is 0.454 e. The van der Waals surface area contributed by atoms with Gasteiger partial charge in [0.05, 0.1) is 4.92 Å². The third-order valence-electron chi connectivity index (χ3n) is 2.48. The summed E-state index contributed by atoms with van der Waals surface area (Å²) in [4.78, 5) is 33.3. The predicted molar refractivity (Wildman–Crippen MR) is 72.6 cm³/mol. The van der Waals surface area contributed by atoms with Gasteiger partial charge in [0.15, 0.2) is 6.61 Å². The van der Waals surface area contributed by atoms with Crippen LogP contribution in [0.1, 0.15) is 29.8 Å². The zero-order chi connectivity index (χ0) is 15.3. The molecule has 0 aromatic heterocycles. The first-order valence-electron chi connectivity index (χ1n) is 5.91. The minimum absolute atomic E-state index is 0.133. The van der Waals surface area contributed by atoms with Crippen LogP contribution in [0.4, 0.5) is 5.69 Å². The summed E-state index contributed by atoms with van der Waals surface area (Å²) in [5.41, 5.74) is 1.24. The number of rotatable bonds is 5. The molecule has 1 aromatic carbocycles. The van der Waals surface area contributed by atoms with Crippen molar-refractivity contribution in [1.29, 1.82) is 0 Å². The Labute approximate surface area is 116 Å². The number of nitro groups is 1. The molecule has 0 aliphatic heterocycles. The van der Waals surface area contributed by atoms with Gasteiger partial charge in [0.1, 0.15) is 0 Å². The summed E-state index contributed by atoms with van der Waals surface area (Å²) in [6.07, 6.45) is 1.27. The van der Waals surface area contributed by atoms with Crippen molar-refractivity contribution in [2.75, 3.05) is 6.61 Å². The second-order valence-corrected chi connectivity index (χ2v) is 4.51. The number of carbonyl (C=O) groups is 2. The molecule has 0 saturated carbocycles. The number of allylic oxidation sites excluding steroid dienone is 1. The van der Waals surface area contributed by atoms with E-state index in [0.29, 0.717) is 5.56 Å². The second kappa shape index (κ2) is 6.60. The minimum Gasteiger partial charge on any atom is -0.454 e. The van der Waals surface area contributed by atoms with E-state index < -0.39 is 23.3 Å². The fourth-order valence-corrected chi connectivity index (χ4v) is 1.48. The van der Waals surface area contributed by atoms with Gasteiger partial charge < -0.3 is 4.74 Å². The van der Waals surface area contributed by atoms with E-state index in [-0.39, 0.29) is 11.3 Å². The molecule has 6 nitrogen and oxygen atoms in total. The highest BCUT2D eigenvalue weighted by Gasteiger charge is 2.15. The maximum atomic E-state index is 11.8. The molecule has 0 atom stereocenters. The number of nitro benzene ring substituents is 1. The summed E-state index contributed by atoms with van der Waals surface area (Å²) in [7, 11) is 0. The summed E-state index contributed by atoms with van der Waals surface area (Å²) < 4.78 is 4.76. The molecule has 20 heavy (non-hydrogen) atoms. The lowest BCUT2D eigenvalue weighted by Crippen LogP contribution is -2.13. The molecule has 0 heterocycles. The molecule has 0 aliphatic rings. The quantitative estimate of drug-likeness (QED) is 0.271. The van der Waals surface area contributed by atoms with E-state index in [1.165, 1.54) is 24.3 Å².